The highest BCUT2D eigenvalue weighted by Gasteiger charge is 2.43. The molecule has 4 nitrogen and oxygen atoms in total. The Balaban J connectivity index is 1.86. The summed E-state index contributed by atoms with van der Waals surface area (Å²) >= 11 is 0. The minimum atomic E-state index is -3.61. The van der Waals surface area contributed by atoms with Gasteiger partial charge in [-0.2, -0.15) is 4.31 Å². The zero-order valence-corrected chi connectivity index (χ0v) is 12.0. The molecule has 0 spiro atoms. The second-order valence-corrected chi connectivity index (χ2v) is 7.74. The van der Waals surface area contributed by atoms with Gasteiger partial charge < -0.3 is 5.73 Å². The van der Waals surface area contributed by atoms with Crippen LogP contribution in [0.3, 0.4) is 0 Å². The number of halogens is 1. The summed E-state index contributed by atoms with van der Waals surface area (Å²) in [5, 5.41) is 0. The lowest BCUT2D eigenvalue weighted by atomic mass is 9.78. The summed E-state index contributed by atoms with van der Waals surface area (Å²) in [6.45, 7) is 0.974. The Hall–Kier alpha value is -0.980. The van der Waals surface area contributed by atoms with E-state index in [1.54, 1.807) is 0 Å². The molecule has 1 saturated heterocycles. The molecule has 1 heterocycles. The van der Waals surface area contributed by atoms with Crippen LogP contribution in [0.1, 0.15) is 19.3 Å². The van der Waals surface area contributed by atoms with E-state index in [1.807, 2.05) is 0 Å². The van der Waals surface area contributed by atoms with Crippen LogP contribution in [0.2, 0.25) is 0 Å². The minimum absolute atomic E-state index is 0.0321. The fraction of sp³-hybridized carbons (Fsp3) is 0.571. The molecule has 3 atom stereocenters. The van der Waals surface area contributed by atoms with Crippen molar-refractivity contribution in [1.29, 1.82) is 0 Å². The highest BCUT2D eigenvalue weighted by atomic mass is 32.2. The molecule has 3 rings (SSSR count). The molecule has 1 aliphatic carbocycles. The predicted octanol–water partition coefficient (Wildman–Crippen LogP) is 1.57. The number of benzene rings is 1. The van der Waals surface area contributed by atoms with Gasteiger partial charge in [-0.25, -0.2) is 12.8 Å². The zero-order valence-electron chi connectivity index (χ0n) is 11.2. The molecule has 1 aromatic carbocycles. The van der Waals surface area contributed by atoms with Crippen molar-refractivity contribution in [3.63, 3.8) is 0 Å². The molecule has 0 radical (unpaired) electrons. The third-order valence-corrected chi connectivity index (χ3v) is 6.38. The molecule has 1 aromatic rings. The van der Waals surface area contributed by atoms with Crippen molar-refractivity contribution < 1.29 is 12.8 Å². The maximum Gasteiger partial charge on any atom is 0.243 e. The van der Waals surface area contributed by atoms with Gasteiger partial charge in [-0.1, -0.05) is 12.5 Å². The summed E-state index contributed by atoms with van der Waals surface area (Å²) in [7, 11) is -3.61. The predicted molar refractivity (Wildman–Crippen MR) is 74.0 cm³/mol. The first-order valence-corrected chi connectivity index (χ1v) is 8.44. The van der Waals surface area contributed by atoms with Gasteiger partial charge in [0.1, 0.15) is 5.82 Å². The zero-order chi connectivity index (χ0) is 14.3. The van der Waals surface area contributed by atoms with Crippen molar-refractivity contribution in [2.75, 3.05) is 13.1 Å². The van der Waals surface area contributed by atoms with Crippen molar-refractivity contribution in [2.24, 2.45) is 17.6 Å². The van der Waals surface area contributed by atoms with Crippen LogP contribution in [0.4, 0.5) is 4.39 Å². The molecule has 2 N–H and O–H groups in total. The van der Waals surface area contributed by atoms with Crippen LogP contribution < -0.4 is 5.73 Å². The van der Waals surface area contributed by atoms with Gasteiger partial charge in [0.15, 0.2) is 0 Å². The SMILES string of the molecule is NC1CCCC2CN(S(=O)(=O)c3cccc(F)c3)CC12. The molecular formula is C14H19FN2O2S. The smallest absolute Gasteiger partial charge is 0.243 e. The number of hydrogen-bond acceptors (Lipinski definition) is 3. The van der Waals surface area contributed by atoms with Crippen molar-refractivity contribution >= 4 is 10.0 Å². The van der Waals surface area contributed by atoms with E-state index in [9.17, 15) is 12.8 Å². The molecule has 6 heteroatoms. The number of rotatable bonds is 2. The summed E-state index contributed by atoms with van der Waals surface area (Å²) in [5.41, 5.74) is 6.11. The molecule has 20 heavy (non-hydrogen) atoms. The molecular weight excluding hydrogens is 279 g/mol. The number of nitrogens with two attached hydrogens (primary N) is 1. The number of fused-ring (bicyclic) bond motifs is 1. The molecule has 2 fully saturated rings. The third kappa shape index (κ3) is 2.36. The van der Waals surface area contributed by atoms with Crippen molar-refractivity contribution in [3.8, 4) is 0 Å². The third-order valence-electron chi connectivity index (χ3n) is 4.55. The first kappa shape index (κ1) is 14.0. The van der Waals surface area contributed by atoms with E-state index < -0.39 is 15.8 Å². The summed E-state index contributed by atoms with van der Waals surface area (Å²) in [6, 6.07) is 5.29. The summed E-state index contributed by atoms with van der Waals surface area (Å²) in [4.78, 5) is 0.0321. The molecule has 0 bridgehead atoms. The Kier molecular flexibility index (Phi) is 3.56. The Morgan fingerprint density at radius 2 is 2.05 bits per heavy atom. The molecule has 0 amide bonds. The van der Waals surface area contributed by atoms with E-state index in [0.717, 1.165) is 25.3 Å². The lowest BCUT2D eigenvalue weighted by Gasteiger charge is -2.29. The van der Waals surface area contributed by atoms with E-state index in [-0.39, 0.29) is 16.9 Å². The van der Waals surface area contributed by atoms with Crippen LogP contribution in [0.5, 0.6) is 0 Å². The lowest BCUT2D eigenvalue weighted by molar-refractivity contribution is 0.260. The molecule has 1 aliphatic heterocycles. The first-order chi connectivity index (χ1) is 9.48. The molecule has 1 saturated carbocycles. The van der Waals surface area contributed by atoms with Crippen molar-refractivity contribution in [1.82, 2.24) is 4.31 Å². The Morgan fingerprint density at radius 3 is 2.75 bits per heavy atom. The Labute approximate surface area is 118 Å². The van der Waals surface area contributed by atoms with Crippen LogP contribution in [0.15, 0.2) is 29.2 Å². The van der Waals surface area contributed by atoms with E-state index >= 15 is 0 Å². The second-order valence-electron chi connectivity index (χ2n) is 5.80. The Bertz CT molecular complexity index is 605. The topological polar surface area (TPSA) is 63.4 Å². The molecule has 2 aliphatic rings. The van der Waals surface area contributed by atoms with E-state index in [4.69, 9.17) is 5.73 Å². The number of hydrogen-bond donors (Lipinski definition) is 1. The van der Waals surface area contributed by atoms with E-state index in [2.05, 4.69) is 0 Å². The number of sulfonamides is 1. The van der Waals surface area contributed by atoms with E-state index in [0.29, 0.717) is 19.0 Å². The molecule has 3 unspecified atom stereocenters. The van der Waals surface area contributed by atoms with Gasteiger partial charge in [-0.05, 0) is 42.9 Å². The molecule has 110 valence electrons. The van der Waals surface area contributed by atoms with Crippen molar-refractivity contribution in [2.45, 2.75) is 30.2 Å². The standard InChI is InChI=1S/C14H19FN2O2S/c15-11-4-2-5-12(7-11)20(18,19)17-8-10-3-1-6-14(16)13(10)9-17/h2,4-5,7,10,13-14H,1,3,6,8-9,16H2. The number of nitrogens with zero attached hydrogens (tertiary/aromatic N) is 1. The maximum atomic E-state index is 13.2. The normalized spacial score (nSPS) is 31.2. The largest absolute Gasteiger partial charge is 0.327 e. The van der Waals surface area contributed by atoms with Gasteiger partial charge in [0.25, 0.3) is 0 Å². The van der Waals surface area contributed by atoms with Crippen LogP contribution >= 0.6 is 0 Å². The fourth-order valence-corrected chi connectivity index (χ4v) is 5.01. The monoisotopic (exact) mass is 298 g/mol. The van der Waals surface area contributed by atoms with Gasteiger partial charge >= 0.3 is 0 Å². The summed E-state index contributed by atoms with van der Waals surface area (Å²) < 4.78 is 39.8. The van der Waals surface area contributed by atoms with Crippen LogP contribution in [0, 0.1) is 17.7 Å². The lowest BCUT2D eigenvalue weighted by Crippen LogP contribution is -2.38. The summed E-state index contributed by atoms with van der Waals surface area (Å²) in [6.07, 6.45) is 3.07. The molecule has 0 aromatic heterocycles. The summed E-state index contributed by atoms with van der Waals surface area (Å²) in [5.74, 6) is 0.0635. The van der Waals surface area contributed by atoms with Crippen molar-refractivity contribution in [3.05, 3.63) is 30.1 Å². The average molecular weight is 298 g/mol. The van der Waals surface area contributed by atoms with E-state index in [1.165, 1.54) is 22.5 Å². The Morgan fingerprint density at radius 1 is 1.25 bits per heavy atom. The van der Waals surface area contributed by atoms with Crippen LogP contribution in [-0.4, -0.2) is 31.9 Å². The van der Waals surface area contributed by atoms with Gasteiger partial charge in [0.05, 0.1) is 4.90 Å². The minimum Gasteiger partial charge on any atom is -0.327 e. The van der Waals surface area contributed by atoms with Gasteiger partial charge in [0, 0.05) is 19.1 Å². The second kappa shape index (κ2) is 5.09. The van der Waals surface area contributed by atoms with Gasteiger partial charge in [-0.15, -0.1) is 0 Å². The van der Waals surface area contributed by atoms with Gasteiger partial charge in [-0.3, -0.25) is 0 Å². The highest BCUT2D eigenvalue weighted by molar-refractivity contribution is 7.89. The van der Waals surface area contributed by atoms with Crippen LogP contribution in [0.25, 0.3) is 0 Å². The maximum absolute atomic E-state index is 13.2. The first-order valence-electron chi connectivity index (χ1n) is 7.00. The van der Waals surface area contributed by atoms with Gasteiger partial charge in [0.2, 0.25) is 10.0 Å². The fourth-order valence-electron chi connectivity index (χ4n) is 3.45. The quantitative estimate of drug-likeness (QED) is 0.901. The average Bonchev–Trinajstić information content (AvgIpc) is 2.85. The van der Waals surface area contributed by atoms with Crippen LogP contribution in [-0.2, 0) is 10.0 Å². The highest BCUT2D eigenvalue weighted by Crippen LogP contribution is 2.37.